The Morgan fingerprint density at radius 1 is 1.08 bits per heavy atom. The quantitative estimate of drug-likeness (QED) is 0.413. The molecule has 0 radical (unpaired) electrons. The van der Waals surface area contributed by atoms with Gasteiger partial charge in [0.2, 0.25) is 11.8 Å². The normalized spacial score (nSPS) is 19.9. The number of fused-ring (bicyclic) bond motifs is 1. The van der Waals surface area contributed by atoms with Gasteiger partial charge in [0, 0.05) is 26.3 Å². The van der Waals surface area contributed by atoms with Crippen molar-refractivity contribution >= 4 is 22.8 Å². The van der Waals surface area contributed by atoms with Crippen LogP contribution in [0.2, 0.25) is 0 Å². The van der Waals surface area contributed by atoms with E-state index >= 15 is 0 Å². The third kappa shape index (κ3) is 6.14. The molecule has 2 fully saturated rings. The lowest BCUT2D eigenvalue weighted by atomic mass is 10.0. The third-order valence-corrected chi connectivity index (χ3v) is 7.04. The van der Waals surface area contributed by atoms with Crippen molar-refractivity contribution in [2.45, 2.75) is 57.4 Å². The van der Waals surface area contributed by atoms with Gasteiger partial charge >= 0.3 is 0 Å². The summed E-state index contributed by atoms with van der Waals surface area (Å²) in [4.78, 5) is 29.4. The van der Waals surface area contributed by atoms with E-state index in [0.717, 1.165) is 31.2 Å². The second-order valence-corrected chi connectivity index (χ2v) is 9.70. The highest BCUT2D eigenvalue weighted by Gasteiger charge is 2.35. The van der Waals surface area contributed by atoms with Gasteiger partial charge in [0.15, 0.2) is 0 Å². The zero-order valence-electron chi connectivity index (χ0n) is 21.8. The first-order valence-corrected chi connectivity index (χ1v) is 13.4. The number of hydrogen-bond donors (Lipinski definition) is 1. The summed E-state index contributed by atoms with van der Waals surface area (Å²) >= 11 is 0. The summed E-state index contributed by atoms with van der Waals surface area (Å²) in [6.07, 6.45) is 3.51. The van der Waals surface area contributed by atoms with Gasteiger partial charge in [0.05, 0.1) is 24.3 Å². The number of rotatable bonds is 11. The molecular formula is C28H35N5O5. The van der Waals surface area contributed by atoms with Gasteiger partial charge in [-0.15, -0.1) is 5.10 Å². The average molecular weight is 522 g/mol. The van der Waals surface area contributed by atoms with E-state index in [2.05, 4.69) is 15.6 Å². The van der Waals surface area contributed by atoms with Crippen LogP contribution in [0.4, 0.5) is 0 Å². The van der Waals surface area contributed by atoms with Gasteiger partial charge in [0.1, 0.15) is 23.9 Å². The molecule has 2 saturated heterocycles. The third-order valence-electron chi connectivity index (χ3n) is 7.04. The van der Waals surface area contributed by atoms with E-state index < -0.39 is 6.04 Å². The Hall–Kier alpha value is -3.50. The monoisotopic (exact) mass is 521 g/mol. The zero-order valence-corrected chi connectivity index (χ0v) is 21.8. The summed E-state index contributed by atoms with van der Waals surface area (Å²) < 4.78 is 18.8. The largest absolute Gasteiger partial charge is 0.494 e. The summed E-state index contributed by atoms with van der Waals surface area (Å²) in [6, 6.07) is 14.0. The van der Waals surface area contributed by atoms with Crippen LogP contribution in [0, 0.1) is 0 Å². The molecule has 38 heavy (non-hydrogen) atoms. The molecule has 3 aromatic rings. The molecule has 2 amide bonds. The maximum atomic E-state index is 13.9. The minimum absolute atomic E-state index is 0.0104. The van der Waals surface area contributed by atoms with Crippen LogP contribution in [0.1, 0.15) is 44.2 Å². The zero-order chi connectivity index (χ0) is 26.3. The molecule has 1 aromatic heterocycles. The smallest absolute Gasteiger partial charge is 0.247 e. The maximum Gasteiger partial charge on any atom is 0.247 e. The SMILES string of the molecule is CCOc1ccc([C@@H](C(=O)NC[C@@H]2CCCO2)N(C[C@@H]2CCCO2)C(=O)Cn2nnc3ccccc32)cc1. The van der Waals surface area contributed by atoms with Gasteiger partial charge in [-0.05, 0) is 62.4 Å². The van der Waals surface area contributed by atoms with Crippen LogP contribution in [0.25, 0.3) is 11.0 Å². The molecule has 1 N–H and O–H groups in total. The number of amides is 2. The van der Waals surface area contributed by atoms with Gasteiger partial charge in [0.25, 0.3) is 0 Å². The van der Waals surface area contributed by atoms with Crippen LogP contribution in [0.15, 0.2) is 48.5 Å². The van der Waals surface area contributed by atoms with Gasteiger partial charge in [-0.25, -0.2) is 4.68 Å². The second kappa shape index (κ2) is 12.4. The van der Waals surface area contributed by atoms with Crippen LogP contribution in [0.3, 0.4) is 0 Å². The molecule has 3 heterocycles. The number of para-hydroxylation sites is 1. The molecule has 2 aromatic carbocycles. The van der Waals surface area contributed by atoms with E-state index in [1.54, 1.807) is 9.58 Å². The van der Waals surface area contributed by atoms with Gasteiger partial charge in [-0.3, -0.25) is 9.59 Å². The molecule has 10 nitrogen and oxygen atoms in total. The van der Waals surface area contributed by atoms with E-state index in [9.17, 15) is 9.59 Å². The Kier molecular flexibility index (Phi) is 8.50. The summed E-state index contributed by atoms with van der Waals surface area (Å²) in [6.45, 7) is 4.49. The second-order valence-electron chi connectivity index (χ2n) is 9.70. The highest BCUT2D eigenvalue weighted by molar-refractivity contribution is 5.89. The molecule has 3 atom stereocenters. The van der Waals surface area contributed by atoms with Crippen molar-refractivity contribution in [3.8, 4) is 5.75 Å². The predicted octanol–water partition coefficient (Wildman–Crippen LogP) is 2.87. The number of benzene rings is 2. The van der Waals surface area contributed by atoms with Crippen LogP contribution in [0.5, 0.6) is 5.75 Å². The van der Waals surface area contributed by atoms with Crippen molar-refractivity contribution in [1.82, 2.24) is 25.2 Å². The number of carbonyl (C=O) groups excluding carboxylic acids is 2. The van der Waals surface area contributed by atoms with E-state index in [0.29, 0.717) is 49.7 Å². The minimum atomic E-state index is -0.849. The first-order chi connectivity index (χ1) is 18.6. The fourth-order valence-corrected chi connectivity index (χ4v) is 5.11. The molecule has 0 saturated carbocycles. The van der Waals surface area contributed by atoms with Crippen LogP contribution in [-0.4, -0.2) is 76.8 Å². The number of nitrogens with zero attached hydrogens (tertiary/aromatic N) is 4. The first-order valence-electron chi connectivity index (χ1n) is 13.4. The fraction of sp³-hybridized carbons (Fsp3) is 0.500. The van der Waals surface area contributed by atoms with Crippen molar-refractivity contribution in [3.63, 3.8) is 0 Å². The molecule has 0 bridgehead atoms. The van der Waals surface area contributed by atoms with E-state index in [1.807, 2.05) is 55.5 Å². The Bertz CT molecular complexity index is 1220. The van der Waals surface area contributed by atoms with Crippen LogP contribution < -0.4 is 10.1 Å². The Balaban J connectivity index is 1.44. The van der Waals surface area contributed by atoms with E-state index in [1.165, 1.54) is 0 Å². The molecule has 2 aliphatic rings. The van der Waals surface area contributed by atoms with Crippen LogP contribution >= 0.6 is 0 Å². The average Bonchev–Trinajstić information content (AvgIpc) is 3.71. The lowest BCUT2D eigenvalue weighted by Crippen LogP contribution is -2.48. The number of nitrogens with one attached hydrogen (secondary N) is 1. The number of hydrogen-bond acceptors (Lipinski definition) is 7. The molecular weight excluding hydrogens is 486 g/mol. The Morgan fingerprint density at radius 2 is 1.82 bits per heavy atom. The summed E-state index contributed by atoms with van der Waals surface area (Å²) in [5.74, 6) is 0.225. The topological polar surface area (TPSA) is 108 Å². The van der Waals surface area contributed by atoms with Crippen molar-refractivity contribution in [1.29, 1.82) is 0 Å². The standard InChI is InChI=1S/C28H35N5O5/c1-2-36-21-13-11-20(12-14-21)27(28(35)29-17-22-7-5-15-37-22)32(18-23-8-6-16-38-23)26(34)19-33-25-10-4-3-9-24(25)30-31-33/h3-4,9-14,22-23,27H,2,5-8,15-19H2,1H3,(H,29,35)/t22-,23-,27-/m0/s1. The lowest BCUT2D eigenvalue weighted by molar-refractivity contribution is -0.143. The maximum absolute atomic E-state index is 13.9. The van der Waals surface area contributed by atoms with Crippen molar-refractivity contribution in [2.75, 3.05) is 32.9 Å². The minimum Gasteiger partial charge on any atom is -0.494 e. The molecule has 0 spiro atoms. The molecule has 0 aliphatic carbocycles. The lowest BCUT2D eigenvalue weighted by Gasteiger charge is -2.33. The van der Waals surface area contributed by atoms with Crippen molar-refractivity contribution < 1.29 is 23.8 Å². The first kappa shape index (κ1) is 26.1. The van der Waals surface area contributed by atoms with Gasteiger partial charge in [-0.2, -0.15) is 0 Å². The number of ether oxygens (including phenoxy) is 3. The molecule has 2 aliphatic heterocycles. The predicted molar refractivity (Wildman–Crippen MR) is 141 cm³/mol. The summed E-state index contributed by atoms with van der Waals surface area (Å²) in [5.41, 5.74) is 2.18. The Morgan fingerprint density at radius 3 is 2.53 bits per heavy atom. The van der Waals surface area contributed by atoms with Crippen LogP contribution in [-0.2, 0) is 25.6 Å². The fourth-order valence-electron chi connectivity index (χ4n) is 5.11. The molecule has 202 valence electrons. The van der Waals surface area contributed by atoms with Crippen molar-refractivity contribution in [2.24, 2.45) is 0 Å². The van der Waals surface area contributed by atoms with Gasteiger partial charge < -0.3 is 24.4 Å². The number of aromatic nitrogens is 3. The Labute approximate surface area is 222 Å². The summed E-state index contributed by atoms with van der Waals surface area (Å²) in [7, 11) is 0. The molecule has 10 heteroatoms. The molecule has 5 rings (SSSR count). The summed E-state index contributed by atoms with van der Waals surface area (Å²) in [5, 5.41) is 11.4. The highest BCUT2D eigenvalue weighted by Crippen LogP contribution is 2.27. The van der Waals surface area contributed by atoms with E-state index in [4.69, 9.17) is 14.2 Å². The van der Waals surface area contributed by atoms with E-state index in [-0.39, 0.29) is 30.6 Å². The highest BCUT2D eigenvalue weighted by atomic mass is 16.5. The molecule has 0 unspecified atom stereocenters. The van der Waals surface area contributed by atoms with Crippen molar-refractivity contribution in [3.05, 3.63) is 54.1 Å². The number of carbonyl (C=O) groups is 2. The van der Waals surface area contributed by atoms with Gasteiger partial charge in [-0.1, -0.05) is 29.5 Å².